The van der Waals surface area contributed by atoms with Crippen LogP contribution in [-0.4, -0.2) is 17.5 Å². The maximum Gasteiger partial charge on any atom is 0.189 e. The maximum atomic E-state index is 8.72. The quantitative estimate of drug-likeness (QED) is 0.404. The highest BCUT2D eigenvalue weighted by molar-refractivity contribution is 5.78. The summed E-state index contributed by atoms with van der Waals surface area (Å²) in [5.74, 6) is 6.61. The number of hydrogen-bond acceptors (Lipinski definition) is 1. The minimum absolute atomic E-state index is 0.252. The molecule has 3 nitrogen and oxygen atoms in total. The van der Waals surface area contributed by atoms with E-state index in [0.717, 1.165) is 35.5 Å². The van der Waals surface area contributed by atoms with Gasteiger partial charge in [-0.25, -0.2) is 0 Å². The minimum atomic E-state index is 0.252. The molecule has 0 amide bonds. The summed E-state index contributed by atoms with van der Waals surface area (Å²) in [6.07, 6.45) is 13.8. The molecular weight excluding hydrogens is 306 g/mol. The number of nitrogens with one attached hydrogen (secondary N) is 3. The van der Waals surface area contributed by atoms with Gasteiger partial charge in [-0.2, -0.15) is 0 Å². The zero-order chi connectivity index (χ0) is 16.8. The summed E-state index contributed by atoms with van der Waals surface area (Å²) in [7, 11) is 0. The molecule has 8 rings (SSSR count). The second-order valence-electron chi connectivity index (χ2n) is 10.8. The van der Waals surface area contributed by atoms with Gasteiger partial charge < -0.3 is 10.6 Å². The van der Waals surface area contributed by atoms with Crippen LogP contribution in [-0.2, 0) is 0 Å². The SMILES string of the molecule is C=C1C2CC3CC(C2)C(NC(=N)NC24CC5CC(CC(C5)C2)C4)C1C3. The van der Waals surface area contributed by atoms with Crippen LogP contribution >= 0.6 is 0 Å². The summed E-state index contributed by atoms with van der Waals surface area (Å²) in [6.45, 7) is 4.46. The third-order valence-corrected chi connectivity index (χ3v) is 9.11. The summed E-state index contributed by atoms with van der Waals surface area (Å²) in [5, 5.41) is 16.1. The van der Waals surface area contributed by atoms with Crippen molar-refractivity contribution in [2.45, 2.75) is 75.8 Å². The Morgan fingerprint density at radius 3 is 2.24 bits per heavy atom. The Kier molecular flexibility index (Phi) is 3.05. The van der Waals surface area contributed by atoms with Crippen molar-refractivity contribution in [3.63, 3.8) is 0 Å². The van der Waals surface area contributed by atoms with Gasteiger partial charge in [0.15, 0.2) is 5.96 Å². The largest absolute Gasteiger partial charge is 0.353 e. The molecule has 136 valence electrons. The van der Waals surface area contributed by atoms with Gasteiger partial charge in [0.1, 0.15) is 0 Å². The van der Waals surface area contributed by atoms with Crippen LogP contribution in [0, 0.1) is 46.8 Å². The molecule has 0 aromatic rings. The molecule has 0 heterocycles. The van der Waals surface area contributed by atoms with Gasteiger partial charge in [0.05, 0.1) is 0 Å². The number of guanidine groups is 1. The average Bonchev–Trinajstić information content (AvgIpc) is 2.53. The Bertz CT molecular complexity index is 587. The Morgan fingerprint density at radius 1 is 0.880 bits per heavy atom. The van der Waals surface area contributed by atoms with E-state index in [-0.39, 0.29) is 5.54 Å². The standard InChI is InChI=1S/C22H33N3/c1-12-17-5-13-6-18(8-17)20(19(12)7-13)24-21(23)25-22-9-14-2-15(10-22)4-16(3-14)11-22/h13-20H,1-11H2,(H3,23,24,25). The van der Waals surface area contributed by atoms with Crippen LogP contribution in [0.3, 0.4) is 0 Å². The molecule has 0 spiro atoms. The van der Waals surface area contributed by atoms with E-state index in [0.29, 0.717) is 17.9 Å². The van der Waals surface area contributed by atoms with E-state index in [2.05, 4.69) is 17.2 Å². The van der Waals surface area contributed by atoms with Gasteiger partial charge in [0.25, 0.3) is 0 Å². The van der Waals surface area contributed by atoms with E-state index in [4.69, 9.17) is 5.41 Å². The van der Waals surface area contributed by atoms with Gasteiger partial charge >= 0.3 is 0 Å². The van der Waals surface area contributed by atoms with Crippen LogP contribution in [0.1, 0.15) is 64.2 Å². The van der Waals surface area contributed by atoms with Gasteiger partial charge in [0, 0.05) is 17.5 Å². The lowest BCUT2D eigenvalue weighted by atomic mass is 9.52. The van der Waals surface area contributed by atoms with E-state index in [9.17, 15) is 0 Å². The first-order valence-electron chi connectivity index (χ1n) is 10.9. The molecule has 8 fully saturated rings. The molecule has 0 saturated heterocycles. The predicted octanol–water partition coefficient (Wildman–Crippen LogP) is 4.06. The monoisotopic (exact) mass is 339 g/mol. The molecule has 5 atom stereocenters. The Labute approximate surface area is 151 Å². The first-order chi connectivity index (χ1) is 12.1. The highest BCUT2D eigenvalue weighted by Gasteiger charge is 2.53. The summed E-state index contributed by atoms with van der Waals surface area (Å²) >= 11 is 0. The van der Waals surface area contributed by atoms with Crippen LogP contribution in [0.25, 0.3) is 0 Å². The Hall–Kier alpha value is -0.990. The maximum absolute atomic E-state index is 8.72. The molecule has 0 radical (unpaired) electrons. The minimum Gasteiger partial charge on any atom is -0.353 e. The lowest BCUT2D eigenvalue weighted by Gasteiger charge is -2.58. The molecule has 5 unspecified atom stereocenters. The van der Waals surface area contributed by atoms with Crippen LogP contribution < -0.4 is 10.6 Å². The molecule has 8 aliphatic rings. The van der Waals surface area contributed by atoms with Gasteiger partial charge in [0.2, 0.25) is 0 Å². The smallest absolute Gasteiger partial charge is 0.189 e. The van der Waals surface area contributed by atoms with Crippen molar-refractivity contribution in [1.82, 2.24) is 10.6 Å². The van der Waals surface area contributed by atoms with Crippen molar-refractivity contribution in [1.29, 1.82) is 5.41 Å². The van der Waals surface area contributed by atoms with Crippen molar-refractivity contribution < 1.29 is 0 Å². The van der Waals surface area contributed by atoms with Gasteiger partial charge in [-0.05, 0) is 99.7 Å². The van der Waals surface area contributed by atoms with E-state index < -0.39 is 0 Å². The highest BCUT2D eigenvalue weighted by atomic mass is 15.2. The van der Waals surface area contributed by atoms with Crippen molar-refractivity contribution in [3.8, 4) is 0 Å². The number of rotatable bonds is 2. The summed E-state index contributed by atoms with van der Waals surface area (Å²) in [5.41, 5.74) is 1.76. The highest BCUT2D eigenvalue weighted by Crippen LogP contribution is 2.57. The van der Waals surface area contributed by atoms with Crippen molar-refractivity contribution >= 4 is 5.96 Å². The van der Waals surface area contributed by atoms with Gasteiger partial charge in [-0.3, -0.25) is 5.41 Å². The zero-order valence-corrected chi connectivity index (χ0v) is 15.4. The molecule has 3 N–H and O–H groups in total. The molecular formula is C22H33N3. The summed E-state index contributed by atoms with van der Waals surface area (Å²) < 4.78 is 0. The zero-order valence-electron chi connectivity index (χ0n) is 15.4. The van der Waals surface area contributed by atoms with E-state index in [1.807, 2.05) is 0 Å². The average molecular weight is 340 g/mol. The lowest BCUT2D eigenvalue weighted by Crippen LogP contribution is -2.64. The fraction of sp³-hybridized carbons (Fsp3) is 0.864. The molecule has 8 bridgehead atoms. The predicted molar refractivity (Wildman–Crippen MR) is 100 cm³/mol. The van der Waals surface area contributed by atoms with Crippen LogP contribution in [0.4, 0.5) is 0 Å². The first kappa shape index (κ1) is 15.1. The molecule has 3 heteroatoms. The van der Waals surface area contributed by atoms with E-state index in [1.165, 1.54) is 69.8 Å². The van der Waals surface area contributed by atoms with Crippen molar-refractivity contribution in [2.75, 3.05) is 0 Å². The molecule has 0 aromatic carbocycles. The second-order valence-corrected chi connectivity index (χ2v) is 10.8. The van der Waals surface area contributed by atoms with Gasteiger partial charge in [-0.15, -0.1) is 0 Å². The molecule has 0 aromatic heterocycles. The Morgan fingerprint density at radius 2 is 1.56 bits per heavy atom. The van der Waals surface area contributed by atoms with Crippen LogP contribution in [0.5, 0.6) is 0 Å². The van der Waals surface area contributed by atoms with E-state index in [1.54, 1.807) is 0 Å². The van der Waals surface area contributed by atoms with Crippen molar-refractivity contribution in [2.24, 2.45) is 41.4 Å². The molecule has 0 aliphatic heterocycles. The van der Waals surface area contributed by atoms with Crippen molar-refractivity contribution in [3.05, 3.63) is 12.2 Å². The van der Waals surface area contributed by atoms with Crippen LogP contribution in [0.15, 0.2) is 12.2 Å². The lowest BCUT2D eigenvalue weighted by molar-refractivity contribution is -0.0115. The third kappa shape index (κ3) is 2.26. The molecule has 8 aliphatic carbocycles. The molecule has 25 heavy (non-hydrogen) atoms. The normalized spacial score (nSPS) is 54.8. The Balaban J connectivity index is 1.16. The topological polar surface area (TPSA) is 47.9 Å². The fourth-order valence-corrected chi connectivity index (χ4v) is 8.74. The van der Waals surface area contributed by atoms with E-state index >= 15 is 0 Å². The number of hydrogen-bond donors (Lipinski definition) is 3. The summed E-state index contributed by atoms with van der Waals surface area (Å²) in [6, 6.07) is 0.481. The first-order valence-corrected chi connectivity index (χ1v) is 10.9. The second kappa shape index (κ2) is 5.04. The third-order valence-electron chi connectivity index (χ3n) is 9.11. The fourth-order valence-electron chi connectivity index (χ4n) is 8.74. The van der Waals surface area contributed by atoms with Gasteiger partial charge in [-0.1, -0.05) is 12.2 Å². The molecule has 8 saturated carbocycles. The van der Waals surface area contributed by atoms with Crippen LogP contribution in [0.2, 0.25) is 0 Å². The summed E-state index contributed by atoms with van der Waals surface area (Å²) in [4.78, 5) is 0.